The van der Waals surface area contributed by atoms with Crippen molar-refractivity contribution in [2.24, 2.45) is 11.8 Å². The van der Waals surface area contributed by atoms with Crippen LogP contribution in [0.2, 0.25) is 0 Å². The number of pyridine rings is 1. The largest absolute Gasteiger partial charge is 0.396 e. The van der Waals surface area contributed by atoms with E-state index >= 15 is 0 Å². The molecular weight excluding hydrogens is 280 g/mol. The molecule has 1 aromatic heterocycles. The maximum atomic E-state index is 9.69. The molecule has 0 radical (unpaired) electrons. The number of hydrogen-bond donors (Lipinski definition) is 1. The SMILES string of the molecule is N#Cc1cccc(N2C[C@@H](CN3CCOCC3)[C@@H](CO)C2)n1. The molecule has 3 heterocycles. The lowest BCUT2D eigenvalue weighted by Gasteiger charge is -2.30. The van der Waals surface area contributed by atoms with Crippen LogP contribution in [0.5, 0.6) is 0 Å². The number of aliphatic hydroxyl groups is 1. The quantitative estimate of drug-likeness (QED) is 0.864. The maximum absolute atomic E-state index is 9.69. The molecule has 3 rings (SSSR count). The van der Waals surface area contributed by atoms with E-state index in [9.17, 15) is 5.11 Å². The number of morpholine rings is 1. The average molecular weight is 302 g/mol. The molecule has 0 saturated carbocycles. The highest BCUT2D eigenvalue weighted by Gasteiger charge is 2.34. The van der Waals surface area contributed by atoms with Gasteiger partial charge >= 0.3 is 0 Å². The second-order valence-electron chi connectivity index (χ2n) is 6.01. The van der Waals surface area contributed by atoms with Crippen molar-refractivity contribution in [3.63, 3.8) is 0 Å². The van der Waals surface area contributed by atoms with Crippen LogP contribution in [0.1, 0.15) is 5.69 Å². The van der Waals surface area contributed by atoms with Crippen LogP contribution in [0.3, 0.4) is 0 Å². The summed E-state index contributed by atoms with van der Waals surface area (Å²) in [6.45, 7) is 6.40. The third kappa shape index (κ3) is 3.38. The monoisotopic (exact) mass is 302 g/mol. The van der Waals surface area contributed by atoms with Gasteiger partial charge in [-0.25, -0.2) is 4.98 Å². The van der Waals surface area contributed by atoms with E-state index in [1.165, 1.54) is 0 Å². The van der Waals surface area contributed by atoms with E-state index in [4.69, 9.17) is 10.00 Å². The van der Waals surface area contributed by atoms with Crippen LogP contribution in [-0.4, -0.2) is 67.5 Å². The summed E-state index contributed by atoms with van der Waals surface area (Å²) in [5.74, 6) is 1.52. The minimum atomic E-state index is 0.198. The normalized spacial score (nSPS) is 26.1. The van der Waals surface area contributed by atoms with Crippen molar-refractivity contribution in [2.75, 3.05) is 57.4 Å². The fourth-order valence-electron chi connectivity index (χ4n) is 3.32. The lowest BCUT2D eigenvalue weighted by Crippen LogP contribution is -2.41. The van der Waals surface area contributed by atoms with Gasteiger partial charge < -0.3 is 14.7 Å². The summed E-state index contributed by atoms with van der Waals surface area (Å²) in [7, 11) is 0. The van der Waals surface area contributed by atoms with Crippen molar-refractivity contribution in [1.29, 1.82) is 5.26 Å². The fraction of sp³-hybridized carbons (Fsp3) is 0.625. The first-order valence-electron chi connectivity index (χ1n) is 7.83. The predicted octanol–water partition coefficient (Wildman–Crippen LogP) is 0.330. The third-order valence-corrected chi connectivity index (χ3v) is 4.58. The average Bonchev–Trinajstić information content (AvgIpc) is 2.99. The Kier molecular flexibility index (Phi) is 4.88. The summed E-state index contributed by atoms with van der Waals surface area (Å²) in [5, 5.41) is 18.7. The van der Waals surface area contributed by atoms with Crippen molar-refractivity contribution in [3.8, 4) is 6.07 Å². The first-order chi connectivity index (χ1) is 10.8. The number of ether oxygens (including phenoxy) is 1. The van der Waals surface area contributed by atoms with Crippen LogP contribution < -0.4 is 4.90 Å². The van der Waals surface area contributed by atoms with Gasteiger partial charge in [0.05, 0.1) is 13.2 Å². The van der Waals surface area contributed by atoms with Crippen molar-refractivity contribution in [3.05, 3.63) is 23.9 Å². The Bertz CT molecular complexity index is 539. The predicted molar refractivity (Wildman–Crippen MR) is 82.5 cm³/mol. The zero-order chi connectivity index (χ0) is 15.4. The van der Waals surface area contributed by atoms with Crippen LogP contribution >= 0.6 is 0 Å². The highest BCUT2D eigenvalue weighted by atomic mass is 16.5. The summed E-state index contributed by atoms with van der Waals surface area (Å²) in [5.41, 5.74) is 0.440. The molecule has 2 aliphatic heterocycles. The number of hydrogen-bond acceptors (Lipinski definition) is 6. The number of nitrogens with zero attached hydrogens (tertiary/aromatic N) is 4. The van der Waals surface area contributed by atoms with Crippen LogP contribution in [0.15, 0.2) is 18.2 Å². The van der Waals surface area contributed by atoms with Crippen molar-refractivity contribution >= 4 is 5.82 Å². The van der Waals surface area contributed by atoms with Crippen LogP contribution in [-0.2, 0) is 4.74 Å². The molecule has 6 heteroatoms. The van der Waals surface area contributed by atoms with Gasteiger partial charge in [-0.3, -0.25) is 4.90 Å². The van der Waals surface area contributed by atoms with E-state index in [1.807, 2.05) is 12.1 Å². The second-order valence-corrected chi connectivity index (χ2v) is 6.01. The number of aliphatic hydroxyl groups excluding tert-OH is 1. The molecule has 2 atom stereocenters. The van der Waals surface area contributed by atoms with E-state index in [1.54, 1.807) is 6.07 Å². The highest BCUT2D eigenvalue weighted by molar-refractivity contribution is 5.43. The Morgan fingerprint density at radius 3 is 2.77 bits per heavy atom. The molecular formula is C16H22N4O2. The van der Waals surface area contributed by atoms with Gasteiger partial charge in [0.2, 0.25) is 0 Å². The summed E-state index contributed by atoms with van der Waals surface area (Å²) in [6.07, 6.45) is 0. The lowest BCUT2D eigenvalue weighted by atomic mass is 9.96. The van der Waals surface area contributed by atoms with E-state index in [2.05, 4.69) is 20.9 Å². The zero-order valence-electron chi connectivity index (χ0n) is 12.7. The molecule has 0 spiro atoms. The molecule has 0 aromatic carbocycles. The number of rotatable bonds is 4. The fourth-order valence-corrected chi connectivity index (χ4v) is 3.32. The standard InChI is InChI=1S/C16H22N4O2/c17-8-15-2-1-3-16(18-15)20-10-13(14(11-20)12-21)9-19-4-6-22-7-5-19/h1-3,13-14,21H,4-7,9-12H2/t13-,14-/m1/s1. The summed E-state index contributed by atoms with van der Waals surface area (Å²) in [4.78, 5) is 8.98. The maximum Gasteiger partial charge on any atom is 0.142 e. The number of nitriles is 1. The molecule has 0 unspecified atom stereocenters. The van der Waals surface area contributed by atoms with Gasteiger partial charge in [-0.2, -0.15) is 5.26 Å². The Hall–Kier alpha value is -1.68. The molecule has 2 fully saturated rings. The minimum absolute atomic E-state index is 0.198. The van der Waals surface area contributed by atoms with Crippen LogP contribution in [0.4, 0.5) is 5.82 Å². The van der Waals surface area contributed by atoms with Crippen molar-refractivity contribution in [2.45, 2.75) is 0 Å². The summed E-state index contributed by atoms with van der Waals surface area (Å²) in [6, 6.07) is 7.60. The Morgan fingerprint density at radius 2 is 2.05 bits per heavy atom. The molecule has 2 aliphatic rings. The first kappa shape index (κ1) is 15.2. The number of anilines is 1. The van der Waals surface area contributed by atoms with Crippen molar-refractivity contribution in [1.82, 2.24) is 9.88 Å². The molecule has 0 bridgehead atoms. The van der Waals surface area contributed by atoms with Gasteiger partial charge in [0.1, 0.15) is 17.6 Å². The Labute approximate surface area is 130 Å². The first-order valence-corrected chi connectivity index (χ1v) is 7.83. The highest BCUT2D eigenvalue weighted by Crippen LogP contribution is 2.28. The van der Waals surface area contributed by atoms with Gasteiger partial charge in [-0.1, -0.05) is 6.07 Å². The van der Waals surface area contributed by atoms with Crippen LogP contribution in [0.25, 0.3) is 0 Å². The Morgan fingerprint density at radius 1 is 1.27 bits per heavy atom. The zero-order valence-corrected chi connectivity index (χ0v) is 12.7. The summed E-state index contributed by atoms with van der Waals surface area (Å²) < 4.78 is 5.39. The van der Waals surface area contributed by atoms with Crippen molar-refractivity contribution < 1.29 is 9.84 Å². The van der Waals surface area contributed by atoms with Gasteiger partial charge in [0.25, 0.3) is 0 Å². The third-order valence-electron chi connectivity index (χ3n) is 4.58. The second kappa shape index (κ2) is 7.05. The molecule has 6 nitrogen and oxygen atoms in total. The Balaban J connectivity index is 1.67. The van der Waals surface area contributed by atoms with Gasteiger partial charge in [0.15, 0.2) is 0 Å². The molecule has 0 aliphatic carbocycles. The number of aromatic nitrogens is 1. The lowest BCUT2D eigenvalue weighted by molar-refractivity contribution is 0.0268. The molecule has 1 aromatic rings. The van der Waals surface area contributed by atoms with E-state index in [0.717, 1.165) is 51.8 Å². The van der Waals surface area contributed by atoms with E-state index in [-0.39, 0.29) is 12.5 Å². The molecule has 1 N–H and O–H groups in total. The molecule has 118 valence electrons. The molecule has 0 amide bonds. The smallest absolute Gasteiger partial charge is 0.142 e. The minimum Gasteiger partial charge on any atom is -0.396 e. The summed E-state index contributed by atoms with van der Waals surface area (Å²) >= 11 is 0. The molecule has 2 saturated heterocycles. The van der Waals surface area contributed by atoms with Gasteiger partial charge in [-0.15, -0.1) is 0 Å². The van der Waals surface area contributed by atoms with Crippen LogP contribution in [0, 0.1) is 23.2 Å². The molecule has 22 heavy (non-hydrogen) atoms. The van der Waals surface area contributed by atoms with E-state index < -0.39 is 0 Å². The van der Waals surface area contributed by atoms with E-state index in [0.29, 0.717) is 11.6 Å². The van der Waals surface area contributed by atoms with Gasteiger partial charge in [-0.05, 0) is 18.1 Å². The van der Waals surface area contributed by atoms with Gasteiger partial charge in [0, 0.05) is 45.2 Å². The topological polar surface area (TPSA) is 72.6 Å².